The molecule has 1 heterocycles. The van der Waals surface area contributed by atoms with Crippen molar-refractivity contribution in [2.75, 3.05) is 13.6 Å². The van der Waals surface area contributed by atoms with Crippen molar-refractivity contribution in [2.45, 2.75) is 6.92 Å². The summed E-state index contributed by atoms with van der Waals surface area (Å²) in [7, 11) is 2.18. The van der Waals surface area contributed by atoms with Crippen molar-refractivity contribution in [3.63, 3.8) is 0 Å². The Morgan fingerprint density at radius 3 is 1.89 bits per heavy atom. The van der Waals surface area contributed by atoms with Crippen LogP contribution in [-0.2, 0) is 0 Å². The van der Waals surface area contributed by atoms with E-state index in [-0.39, 0.29) is 12.4 Å². The van der Waals surface area contributed by atoms with Crippen molar-refractivity contribution >= 4 is 0 Å². The molecule has 1 nitrogen and oxygen atoms in total. The average Bonchev–Trinajstić information content (AvgIpc) is 2.17. The lowest BCUT2D eigenvalue weighted by Crippen LogP contribution is -3.00. The Balaban J connectivity index is 0.000000640. The fourth-order valence-electron chi connectivity index (χ4n) is 0.753. The molecular weight excluding hydrogens is 134 g/mol. The van der Waals surface area contributed by atoms with E-state index in [9.17, 15) is 0 Å². The number of allylic oxidation sites excluding steroid dienone is 2. The van der Waals surface area contributed by atoms with Gasteiger partial charge in [0, 0.05) is 0 Å². The van der Waals surface area contributed by atoms with E-state index in [1.807, 2.05) is 0 Å². The van der Waals surface area contributed by atoms with Gasteiger partial charge in [-0.25, -0.2) is 0 Å². The van der Waals surface area contributed by atoms with Crippen LogP contribution in [-0.4, -0.2) is 18.1 Å². The number of nitrogens with zero attached hydrogens (tertiary/aromatic N) is 1. The van der Waals surface area contributed by atoms with Gasteiger partial charge in [-0.2, -0.15) is 0 Å². The first-order valence-corrected chi connectivity index (χ1v) is 2.99. The van der Waals surface area contributed by atoms with Crippen molar-refractivity contribution in [1.29, 1.82) is 0 Å². The molecule has 1 aliphatic heterocycles. The topological polar surface area (TPSA) is 0 Å². The van der Waals surface area contributed by atoms with E-state index in [0.717, 1.165) is 11.0 Å². The second-order valence-corrected chi connectivity index (χ2v) is 2.35. The van der Waals surface area contributed by atoms with Gasteiger partial charge in [0.1, 0.15) is 12.4 Å². The molecule has 0 aliphatic carbocycles. The molecular formula is C7H12ClN. The zero-order valence-corrected chi connectivity index (χ0v) is 6.60. The summed E-state index contributed by atoms with van der Waals surface area (Å²) in [5.74, 6) is 0. The maximum Gasteiger partial charge on any atom is 0.100 e. The smallest absolute Gasteiger partial charge is 0.100 e. The van der Waals surface area contributed by atoms with Gasteiger partial charge in [-0.1, -0.05) is 0 Å². The van der Waals surface area contributed by atoms with Gasteiger partial charge in [0.05, 0.1) is 13.6 Å². The number of hydrogen-bond acceptors (Lipinski definition) is 0. The highest BCUT2D eigenvalue weighted by Crippen LogP contribution is 2.09. The second-order valence-electron chi connectivity index (χ2n) is 2.35. The predicted molar refractivity (Wildman–Crippen MR) is 35.0 cm³/mol. The lowest BCUT2D eigenvalue weighted by molar-refractivity contribution is -0.801. The summed E-state index contributed by atoms with van der Waals surface area (Å²) < 4.78 is 0.958. The predicted octanol–water partition coefficient (Wildman–Crippen LogP) is -1.50. The molecule has 0 bridgehead atoms. The third-order valence-corrected chi connectivity index (χ3v) is 1.65. The fourth-order valence-corrected chi connectivity index (χ4v) is 0.753. The van der Waals surface area contributed by atoms with Gasteiger partial charge in [0.25, 0.3) is 0 Å². The summed E-state index contributed by atoms with van der Waals surface area (Å²) in [5.41, 5.74) is 0. The molecule has 0 atom stereocenters. The van der Waals surface area contributed by atoms with E-state index >= 15 is 0 Å². The lowest BCUT2D eigenvalue weighted by atomic mass is 10.5. The summed E-state index contributed by atoms with van der Waals surface area (Å²) in [6.07, 6.45) is 8.53. The zero-order valence-electron chi connectivity index (χ0n) is 5.84. The Labute approximate surface area is 62.7 Å². The molecule has 2 heteroatoms. The molecule has 0 radical (unpaired) electrons. The zero-order chi connectivity index (χ0) is 6.04. The molecule has 0 aromatic heterocycles. The van der Waals surface area contributed by atoms with Crippen LogP contribution >= 0.6 is 0 Å². The highest BCUT2D eigenvalue weighted by Gasteiger charge is 2.13. The Morgan fingerprint density at radius 1 is 1.22 bits per heavy atom. The average molecular weight is 146 g/mol. The molecule has 0 aromatic rings. The largest absolute Gasteiger partial charge is 1.00 e. The molecule has 1 aliphatic rings. The van der Waals surface area contributed by atoms with E-state index in [2.05, 4.69) is 38.5 Å². The van der Waals surface area contributed by atoms with E-state index < -0.39 is 0 Å². The van der Waals surface area contributed by atoms with Crippen LogP contribution in [0.4, 0.5) is 0 Å². The number of quaternary nitrogens is 1. The van der Waals surface area contributed by atoms with Gasteiger partial charge >= 0.3 is 0 Å². The minimum Gasteiger partial charge on any atom is -1.00 e. The monoisotopic (exact) mass is 145 g/mol. The molecule has 0 aromatic carbocycles. The number of rotatable bonds is 1. The maximum atomic E-state index is 2.18. The van der Waals surface area contributed by atoms with Crippen LogP contribution in [0.2, 0.25) is 0 Å². The molecule has 0 N–H and O–H groups in total. The number of hydrogen-bond donors (Lipinski definition) is 0. The van der Waals surface area contributed by atoms with E-state index in [1.165, 1.54) is 0 Å². The maximum absolute atomic E-state index is 2.18. The third kappa shape index (κ3) is 1.84. The third-order valence-electron chi connectivity index (χ3n) is 1.65. The van der Waals surface area contributed by atoms with Gasteiger partial charge in [-0.15, -0.1) is 0 Å². The standard InChI is InChI=1S/C7H12N.ClH/c1-3-8(2)6-4-5-7-8;/h4-7H,3H2,1-2H3;1H/q+1;/p-1. The van der Waals surface area contributed by atoms with Crippen LogP contribution in [0.5, 0.6) is 0 Å². The Bertz CT molecular complexity index is 126. The molecule has 0 spiro atoms. The van der Waals surface area contributed by atoms with Gasteiger partial charge in [0.2, 0.25) is 0 Å². The van der Waals surface area contributed by atoms with Crippen molar-refractivity contribution in [3.05, 3.63) is 24.6 Å². The highest BCUT2D eigenvalue weighted by atomic mass is 35.5. The van der Waals surface area contributed by atoms with Crippen LogP contribution in [0, 0.1) is 0 Å². The minimum atomic E-state index is 0. The van der Waals surface area contributed by atoms with Crippen molar-refractivity contribution in [2.24, 2.45) is 0 Å². The van der Waals surface area contributed by atoms with Crippen LogP contribution in [0.3, 0.4) is 0 Å². The Morgan fingerprint density at radius 2 is 1.67 bits per heavy atom. The molecule has 0 fully saturated rings. The Hall–Kier alpha value is -0.270. The molecule has 9 heavy (non-hydrogen) atoms. The normalized spacial score (nSPS) is 19.8. The van der Waals surface area contributed by atoms with Crippen LogP contribution < -0.4 is 12.4 Å². The SMILES string of the molecule is CC[N+]1(C)C=CC=C1.[Cl-]. The van der Waals surface area contributed by atoms with Gasteiger partial charge < -0.3 is 12.4 Å². The summed E-state index contributed by atoms with van der Waals surface area (Å²) >= 11 is 0. The van der Waals surface area contributed by atoms with Crippen LogP contribution in [0.25, 0.3) is 0 Å². The van der Waals surface area contributed by atoms with Gasteiger partial charge in [0.15, 0.2) is 0 Å². The summed E-state index contributed by atoms with van der Waals surface area (Å²) in [6.45, 7) is 3.33. The summed E-state index contributed by atoms with van der Waals surface area (Å²) in [6, 6.07) is 0. The van der Waals surface area contributed by atoms with E-state index in [1.54, 1.807) is 0 Å². The number of halogens is 1. The molecule has 52 valence electrons. The molecule has 1 rings (SSSR count). The van der Waals surface area contributed by atoms with Gasteiger partial charge in [-0.05, 0) is 19.1 Å². The first kappa shape index (κ1) is 8.73. The lowest BCUT2D eigenvalue weighted by Gasteiger charge is -2.20. The van der Waals surface area contributed by atoms with E-state index in [0.29, 0.717) is 0 Å². The summed E-state index contributed by atoms with van der Waals surface area (Å²) in [4.78, 5) is 0. The van der Waals surface area contributed by atoms with Crippen LogP contribution in [0.15, 0.2) is 24.6 Å². The minimum absolute atomic E-state index is 0. The van der Waals surface area contributed by atoms with Crippen molar-refractivity contribution < 1.29 is 16.9 Å². The van der Waals surface area contributed by atoms with Crippen molar-refractivity contribution in [1.82, 2.24) is 0 Å². The summed E-state index contributed by atoms with van der Waals surface area (Å²) in [5, 5.41) is 0. The Kier molecular flexibility index (Phi) is 2.95. The molecule has 0 unspecified atom stereocenters. The quantitative estimate of drug-likeness (QED) is 0.394. The molecule has 0 saturated carbocycles. The van der Waals surface area contributed by atoms with Gasteiger partial charge in [-0.3, -0.25) is 4.48 Å². The fraction of sp³-hybridized carbons (Fsp3) is 0.429. The molecule has 0 amide bonds. The first-order valence-electron chi connectivity index (χ1n) is 2.99. The van der Waals surface area contributed by atoms with E-state index in [4.69, 9.17) is 0 Å². The first-order chi connectivity index (χ1) is 3.77. The molecule has 0 saturated heterocycles. The van der Waals surface area contributed by atoms with Crippen molar-refractivity contribution in [3.8, 4) is 0 Å². The second kappa shape index (κ2) is 3.04. The van der Waals surface area contributed by atoms with Crippen LogP contribution in [0.1, 0.15) is 6.92 Å². The highest BCUT2D eigenvalue weighted by molar-refractivity contribution is 5.03.